The van der Waals surface area contributed by atoms with Crippen molar-refractivity contribution in [1.29, 1.82) is 0 Å². The second-order valence-corrected chi connectivity index (χ2v) is 16.1. The predicted molar refractivity (Wildman–Crippen MR) is 218 cm³/mol. The van der Waals surface area contributed by atoms with Crippen molar-refractivity contribution in [3.63, 3.8) is 0 Å². The number of amides is 2. The third-order valence-electron chi connectivity index (χ3n) is 11.1. The average Bonchev–Trinajstić information content (AvgIpc) is 3.15. The van der Waals surface area contributed by atoms with Crippen LogP contribution in [0.3, 0.4) is 0 Å². The van der Waals surface area contributed by atoms with Gasteiger partial charge in [0.25, 0.3) is 0 Å². The van der Waals surface area contributed by atoms with Gasteiger partial charge in [0.1, 0.15) is 24.4 Å². The SMILES string of the molecule is CCCCCCCCCCCCCCCCCCN(C(=O)CCCCCCCCCCC)[C@@H]1O[C@H](CO)[C@@H](O)[C@H](O)[C@H]1NC(=O)CCCCCCC(=O)O. The molecule has 318 valence electrons. The van der Waals surface area contributed by atoms with Gasteiger partial charge < -0.3 is 35.4 Å². The van der Waals surface area contributed by atoms with E-state index in [0.29, 0.717) is 38.6 Å². The first-order chi connectivity index (χ1) is 26.3. The molecule has 0 aromatic rings. The third-order valence-corrected chi connectivity index (χ3v) is 11.1. The van der Waals surface area contributed by atoms with E-state index in [2.05, 4.69) is 19.2 Å². The second-order valence-electron chi connectivity index (χ2n) is 16.1. The van der Waals surface area contributed by atoms with Crippen molar-refractivity contribution in [2.45, 2.75) is 250 Å². The average molecular weight is 769 g/mol. The van der Waals surface area contributed by atoms with Crippen LogP contribution in [0.2, 0.25) is 0 Å². The van der Waals surface area contributed by atoms with Crippen LogP contribution in [0, 0.1) is 0 Å². The first-order valence-electron chi connectivity index (χ1n) is 22.7. The highest BCUT2D eigenvalue weighted by Crippen LogP contribution is 2.26. The van der Waals surface area contributed by atoms with Crippen LogP contribution in [0.25, 0.3) is 0 Å². The maximum Gasteiger partial charge on any atom is 0.303 e. The molecule has 0 saturated carbocycles. The van der Waals surface area contributed by atoms with Gasteiger partial charge in [-0.3, -0.25) is 14.4 Å². The lowest BCUT2D eigenvalue weighted by Crippen LogP contribution is -2.68. The van der Waals surface area contributed by atoms with Gasteiger partial charge >= 0.3 is 5.97 Å². The maximum absolute atomic E-state index is 13.9. The van der Waals surface area contributed by atoms with E-state index in [4.69, 9.17) is 9.84 Å². The van der Waals surface area contributed by atoms with Crippen molar-refractivity contribution < 1.29 is 39.5 Å². The fraction of sp³-hybridized carbons (Fsp3) is 0.932. The summed E-state index contributed by atoms with van der Waals surface area (Å²) in [6.07, 6.45) is 28.4. The standard InChI is InChI=1S/C44H84N2O8/c1-3-5-7-9-11-13-14-15-16-17-18-19-21-23-27-31-35-46(39(49)33-29-24-22-20-12-10-8-6-4-2)44-41(43(53)42(52)37(36-47)54-44)45-38(48)32-28-25-26-30-34-40(50)51/h37,41-44,47,52-53H,3-36H2,1-2H3,(H,45,48)(H,50,51)/t37-,41-,42-,43-,44-/m1/s1. The highest BCUT2D eigenvalue weighted by Gasteiger charge is 2.48. The van der Waals surface area contributed by atoms with Crippen molar-refractivity contribution in [3.05, 3.63) is 0 Å². The van der Waals surface area contributed by atoms with Gasteiger partial charge in [0.2, 0.25) is 11.8 Å². The van der Waals surface area contributed by atoms with E-state index in [-0.39, 0.29) is 24.7 Å². The molecule has 0 aliphatic carbocycles. The van der Waals surface area contributed by atoms with E-state index in [1.165, 1.54) is 116 Å². The number of aliphatic hydroxyl groups is 3. The molecule has 1 aliphatic heterocycles. The fourth-order valence-corrected chi connectivity index (χ4v) is 7.65. The molecule has 0 spiro atoms. The number of aliphatic carboxylic acids is 1. The van der Waals surface area contributed by atoms with Crippen molar-refractivity contribution in [3.8, 4) is 0 Å². The van der Waals surface area contributed by atoms with Gasteiger partial charge in [-0.05, 0) is 25.7 Å². The lowest BCUT2D eigenvalue weighted by Gasteiger charge is -2.47. The van der Waals surface area contributed by atoms with Crippen molar-refractivity contribution in [2.24, 2.45) is 0 Å². The highest BCUT2D eigenvalue weighted by atomic mass is 16.5. The Bertz CT molecular complexity index is 921. The van der Waals surface area contributed by atoms with Gasteiger partial charge in [-0.2, -0.15) is 0 Å². The number of unbranched alkanes of at least 4 members (excludes halogenated alkanes) is 26. The normalized spacial score (nSPS) is 19.9. The molecule has 2 amide bonds. The van der Waals surface area contributed by atoms with Gasteiger partial charge in [0.05, 0.1) is 6.61 Å². The minimum atomic E-state index is -1.42. The number of aliphatic hydroxyl groups excluding tert-OH is 3. The maximum atomic E-state index is 13.9. The molecule has 1 heterocycles. The Morgan fingerprint density at radius 1 is 0.537 bits per heavy atom. The van der Waals surface area contributed by atoms with Gasteiger partial charge in [-0.1, -0.05) is 174 Å². The molecule has 10 nitrogen and oxygen atoms in total. The summed E-state index contributed by atoms with van der Waals surface area (Å²) in [4.78, 5) is 39.3. The molecule has 1 fully saturated rings. The van der Waals surface area contributed by atoms with Gasteiger partial charge in [-0.25, -0.2) is 0 Å². The van der Waals surface area contributed by atoms with E-state index in [1.807, 2.05) is 0 Å². The lowest BCUT2D eigenvalue weighted by molar-refractivity contribution is -0.231. The molecule has 1 saturated heterocycles. The molecule has 1 rings (SSSR count). The smallest absolute Gasteiger partial charge is 0.303 e. The predicted octanol–water partition coefficient (Wildman–Crippen LogP) is 9.35. The molecule has 10 heteroatoms. The number of carboxylic acid groups (broad SMARTS) is 1. The molecule has 0 bridgehead atoms. The Labute approximate surface area is 330 Å². The summed E-state index contributed by atoms with van der Waals surface area (Å²) in [7, 11) is 0. The molecule has 0 unspecified atom stereocenters. The van der Waals surface area contributed by atoms with Crippen LogP contribution in [0.1, 0.15) is 219 Å². The largest absolute Gasteiger partial charge is 0.481 e. The Morgan fingerprint density at radius 3 is 1.35 bits per heavy atom. The Balaban J connectivity index is 2.70. The number of ether oxygens (including phenoxy) is 1. The summed E-state index contributed by atoms with van der Waals surface area (Å²) < 4.78 is 6.14. The number of hydrogen-bond acceptors (Lipinski definition) is 7. The summed E-state index contributed by atoms with van der Waals surface area (Å²) in [6, 6.07) is -1.05. The molecular weight excluding hydrogens is 684 g/mol. The number of carbonyl (C=O) groups excluding carboxylic acids is 2. The Morgan fingerprint density at radius 2 is 0.926 bits per heavy atom. The third kappa shape index (κ3) is 24.7. The number of nitrogens with zero attached hydrogens (tertiary/aromatic N) is 1. The zero-order chi connectivity index (χ0) is 39.7. The van der Waals surface area contributed by atoms with Gasteiger partial charge in [0, 0.05) is 25.8 Å². The number of carboxylic acids is 1. The highest BCUT2D eigenvalue weighted by molar-refractivity contribution is 5.78. The summed E-state index contributed by atoms with van der Waals surface area (Å²) in [5.74, 6) is -1.25. The molecule has 5 atom stereocenters. The van der Waals surface area contributed by atoms with E-state index in [9.17, 15) is 29.7 Å². The van der Waals surface area contributed by atoms with E-state index >= 15 is 0 Å². The molecule has 0 aromatic carbocycles. The summed E-state index contributed by atoms with van der Waals surface area (Å²) in [5, 5.41) is 43.7. The van der Waals surface area contributed by atoms with Crippen LogP contribution < -0.4 is 5.32 Å². The van der Waals surface area contributed by atoms with E-state index in [1.54, 1.807) is 4.90 Å². The van der Waals surface area contributed by atoms with Gasteiger partial charge in [0.15, 0.2) is 6.23 Å². The Kier molecular flexibility index (Phi) is 32.1. The quantitative estimate of drug-likeness (QED) is 0.0392. The molecule has 54 heavy (non-hydrogen) atoms. The second kappa shape index (κ2) is 34.5. The first-order valence-corrected chi connectivity index (χ1v) is 22.7. The lowest BCUT2D eigenvalue weighted by atomic mass is 9.94. The summed E-state index contributed by atoms with van der Waals surface area (Å²) in [6.45, 7) is 4.37. The monoisotopic (exact) mass is 769 g/mol. The molecule has 5 N–H and O–H groups in total. The summed E-state index contributed by atoms with van der Waals surface area (Å²) in [5.41, 5.74) is 0. The minimum absolute atomic E-state index is 0.0955. The van der Waals surface area contributed by atoms with Gasteiger partial charge in [-0.15, -0.1) is 0 Å². The van der Waals surface area contributed by atoms with E-state index in [0.717, 1.165) is 44.9 Å². The number of carbonyl (C=O) groups is 3. The fourth-order valence-electron chi connectivity index (χ4n) is 7.65. The topological polar surface area (TPSA) is 157 Å². The zero-order valence-electron chi connectivity index (χ0n) is 34.8. The van der Waals surface area contributed by atoms with Crippen molar-refractivity contribution >= 4 is 17.8 Å². The van der Waals surface area contributed by atoms with Crippen LogP contribution in [0.4, 0.5) is 0 Å². The zero-order valence-corrected chi connectivity index (χ0v) is 34.8. The van der Waals surface area contributed by atoms with E-state index < -0.39 is 43.2 Å². The van der Waals surface area contributed by atoms with Crippen molar-refractivity contribution in [2.75, 3.05) is 13.2 Å². The van der Waals surface area contributed by atoms with Crippen LogP contribution in [0.15, 0.2) is 0 Å². The van der Waals surface area contributed by atoms with Crippen LogP contribution in [0.5, 0.6) is 0 Å². The molecular formula is C44H84N2O8. The minimum Gasteiger partial charge on any atom is -0.481 e. The number of rotatable bonds is 37. The number of nitrogens with one attached hydrogen (secondary N) is 1. The molecule has 0 aromatic heterocycles. The molecule has 1 aliphatic rings. The van der Waals surface area contributed by atoms with Crippen molar-refractivity contribution in [1.82, 2.24) is 10.2 Å². The first kappa shape index (κ1) is 50.3. The molecule has 0 radical (unpaired) electrons. The number of hydrogen-bond donors (Lipinski definition) is 5. The van der Waals surface area contributed by atoms with Crippen LogP contribution in [-0.4, -0.2) is 86.8 Å². The summed E-state index contributed by atoms with van der Waals surface area (Å²) >= 11 is 0. The van der Waals surface area contributed by atoms with Crippen LogP contribution >= 0.6 is 0 Å². The van der Waals surface area contributed by atoms with Crippen LogP contribution in [-0.2, 0) is 19.1 Å². The Hall–Kier alpha value is -1.75.